The molecule has 3 nitrogen and oxygen atoms in total. The Morgan fingerprint density at radius 2 is 2.19 bits per heavy atom. The average molecular weight is 285 g/mol. The first kappa shape index (κ1) is 12.0. The van der Waals surface area contributed by atoms with Gasteiger partial charge in [0, 0.05) is 42.7 Å². The Kier molecular flexibility index (Phi) is 4.32. The monoisotopic (exact) mass is 284 g/mol. The smallest absolute Gasteiger partial charge is 0.0480 e. The summed E-state index contributed by atoms with van der Waals surface area (Å²) in [4.78, 5) is 6.58. The van der Waals surface area contributed by atoms with E-state index in [1.54, 1.807) is 0 Å². The number of hydrogen-bond donors (Lipinski definition) is 0. The second kappa shape index (κ2) is 5.75. The fraction of sp³-hybridized carbons (Fsp3) is 0.583. The zero-order chi connectivity index (χ0) is 11.4. The van der Waals surface area contributed by atoms with E-state index in [9.17, 15) is 0 Å². The Morgan fingerprint density at radius 1 is 1.44 bits per heavy atom. The Bertz CT molecular complexity index is 340. The first-order valence-electron chi connectivity index (χ1n) is 5.63. The zero-order valence-electron chi connectivity index (χ0n) is 9.53. The molecule has 1 fully saturated rings. The predicted molar refractivity (Wildman–Crippen MR) is 67.2 cm³/mol. The van der Waals surface area contributed by atoms with Crippen molar-refractivity contribution in [2.45, 2.75) is 25.4 Å². The lowest BCUT2D eigenvalue weighted by molar-refractivity contribution is 0.0406. The van der Waals surface area contributed by atoms with Crippen LogP contribution in [0, 0.1) is 0 Å². The molecule has 0 saturated carbocycles. The second-order valence-electron chi connectivity index (χ2n) is 4.27. The molecule has 0 N–H and O–H groups in total. The lowest BCUT2D eigenvalue weighted by Gasteiger charge is -2.31. The van der Waals surface area contributed by atoms with E-state index in [-0.39, 0.29) is 0 Å². The van der Waals surface area contributed by atoms with Gasteiger partial charge >= 0.3 is 0 Å². The third-order valence-corrected chi connectivity index (χ3v) is 3.44. The zero-order valence-corrected chi connectivity index (χ0v) is 11.1. The molecule has 0 unspecified atom stereocenters. The molecule has 1 aromatic rings. The van der Waals surface area contributed by atoms with Gasteiger partial charge in [-0.15, -0.1) is 0 Å². The maximum Gasteiger partial charge on any atom is 0.0480 e. The van der Waals surface area contributed by atoms with Crippen molar-refractivity contribution in [1.29, 1.82) is 0 Å². The van der Waals surface area contributed by atoms with E-state index in [1.165, 1.54) is 5.56 Å². The highest BCUT2D eigenvalue weighted by Crippen LogP contribution is 2.17. The van der Waals surface area contributed by atoms with Gasteiger partial charge in [-0.05, 0) is 47.4 Å². The highest BCUT2D eigenvalue weighted by atomic mass is 79.9. The molecule has 2 rings (SSSR count). The summed E-state index contributed by atoms with van der Waals surface area (Å²) in [6, 6.07) is 2.77. The summed E-state index contributed by atoms with van der Waals surface area (Å²) in [6.07, 6.45) is 6.02. The molecule has 2 heterocycles. The van der Waals surface area contributed by atoms with Gasteiger partial charge in [0.25, 0.3) is 0 Å². The van der Waals surface area contributed by atoms with Gasteiger partial charge in [0.2, 0.25) is 0 Å². The molecular weight excluding hydrogens is 268 g/mol. The molecule has 0 aliphatic carbocycles. The SMILES string of the molecule is CN(Cc1cncc(Br)c1)C1CCOCC1. The maximum atomic E-state index is 5.37. The van der Waals surface area contributed by atoms with Gasteiger partial charge in [-0.2, -0.15) is 0 Å². The Labute approximate surface area is 105 Å². The van der Waals surface area contributed by atoms with Crippen molar-refractivity contribution in [2.75, 3.05) is 20.3 Å². The van der Waals surface area contributed by atoms with Crippen molar-refractivity contribution >= 4 is 15.9 Å². The molecule has 0 bridgehead atoms. The quantitative estimate of drug-likeness (QED) is 0.853. The summed E-state index contributed by atoms with van der Waals surface area (Å²) in [7, 11) is 2.18. The summed E-state index contributed by atoms with van der Waals surface area (Å²) in [5.41, 5.74) is 1.25. The minimum atomic E-state index is 0.646. The van der Waals surface area contributed by atoms with Crippen molar-refractivity contribution in [2.24, 2.45) is 0 Å². The van der Waals surface area contributed by atoms with Gasteiger partial charge in [-0.3, -0.25) is 9.88 Å². The van der Waals surface area contributed by atoms with Crippen molar-refractivity contribution in [3.63, 3.8) is 0 Å². The summed E-state index contributed by atoms with van der Waals surface area (Å²) in [6.45, 7) is 2.74. The second-order valence-corrected chi connectivity index (χ2v) is 5.19. The molecule has 4 heteroatoms. The highest BCUT2D eigenvalue weighted by Gasteiger charge is 2.18. The van der Waals surface area contributed by atoms with Crippen LogP contribution in [0.15, 0.2) is 22.9 Å². The van der Waals surface area contributed by atoms with Crippen LogP contribution >= 0.6 is 15.9 Å². The minimum absolute atomic E-state index is 0.646. The van der Waals surface area contributed by atoms with Gasteiger partial charge in [-0.25, -0.2) is 0 Å². The van der Waals surface area contributed by atoms with Crippen LogP contribution in [-0.4, -0.2) is 36.2 Å². The third kappa shape index (κ3) is 3.27. The number of hydrogen-bond acceptors (Lipinski definition) is 3. The lowest BCUT2D eigenvalue weighted by Crippen LogP contribution is -2.36. The van der Waals surface area contributed by atoms with Gasteiger partial charge < -0.3 is 4.74 Å². The molecule has 1 aliphatic heterocycles. The molecule has 16 heavy (non-hydrogen) atoms. The van der Waals surface area contributed by atoms with Crippen LogP contribution in [0.2, 0.25) is 0 Å². The first-order chi connectivity index (χ1) is 7.75. The van der Waals surface area contributed by atoms with E-state index in [2.05, 4.69) is 38.9 Å². The molecular formula is C12H17BrN2O. The van der Waals surface area contributed by atoms with E-state index < -0.39 is 0 Å². The number of aromatic nitrogens is 1. The Balaban J connectivity index is 1.93. The van der Waals surface area contributed by atoms with Crippen LogP contribution in [0.5, 0.6) is 0 Å². The molecule has 1 saturated heterocycles. The number of ether oxygens (including phenoxy) is 1. The van der Waals surface area contributed by atoms with Crippen LogP contribution in [0.3, 0.4) is 0 Å². The fourth-order valence-corrected chi connectivity index (χ4v) is 2.50. The summed E-state index contributed by atoms with van der Waals surface area (Å²) < 4.78 is 6.42. The van der Waals surface area contributed by atoms with Crippen LogP contribution in [0.4, 0.5) is 0 Å². The third-order valence-electron chi connectivity index (χ3n) is 3.01. The standard InChI is InChI=1S/C12H17BrN2O/c1-15(12-2-4-16-5-3-12)9-10-6-11(13)8-14-7-10/h6-8,12H,2-5,9H2,1H3. The number of pyridine rings is 1. The minimum Gasteiger partial charge on any atom is -0.381 e. The van der Waals surface area contributed by atoms with E-state index in [4.69, 9.17) is 4.74 Å². The number of nitrogens with zero attached hydrogens (tertiary/aromatic N) is 2. The summed E-state index contributed by atoms with van der Waals surface area (Å²) in [5, 5.41) is 0. The number of halogens is 1. The van der Waals surface area contributed by atoms with Crippen LogP contribution in [0.25, 0.3) is 0 Å². The van der Waals surface area contributed by atoms with Gasteiger partial charge in [0.05, 0.1) is 0 Å². The van der Waals surface area contributed by atoms with Crippen LogP contribution in [-0.2, 0) is 11.3 Å². The fourth-order valence-electron chi connectivity index (χ4n) is 2.09. The first-order valence-corrected chi connectivity index (χ1v) is 6.42. The topological polar surface area (TPSA) is 25.4 Å². The largest absolute Gasteiger partial charge is 0.381 e. The highest BCUT2D eigenvalue weighted by molar-refractivity contribution is 9.10. The van der Waals surface area contributed by atoms with Crippen molar-refractivity contribution in [3.8, 4) is 0 Å². The average Bonchev–Trinajstić information content (AvgIpc) is 2.30. The summed E-state index contributed by atoms with van der Waals surface area (Å²) in [5.74, 6) is 0. The summed E-state index contributed by atoms with van der Waals surface area (Å²) >= 11 is 3.45. The molecule has 0 atom stereocenters. The molecule has 0 radical (unpaired) electrons. The molecule has 1 aromatic heterocycles. The predicted octanol–water partition coefficient (Wildman–Crippen LogP) is 2.45. The molecule has 0 spiro atoms. The lowest BCUT2D eigenvalue weighted by atomic mass is 10.1. The van der Waals surface area contributed by atoms with Crippen LogP contribution in [0.1, 0.15) is 18.4 Å². The Morgan fingerprint density at radius 3 is 2.88 bits per heavy atom. The van der Waals surface area contributed by atoms with Gasteiger partial charge in [0.1, 0.15) is 0 Å². The van der Waals surface area contributed by atoms with E-state index in [0.29, 0.717) is 6.04 Å². The molecule has 0 aromatic carbocycles. The van der Waals surface area contributed by atoms with Crippen LogP contribution < -0.4 is 0 Å². The van der Waals surface area contributed by atoms with E-state index in [0.717, 1.165) is 37.1 Å². The van der Waals surface area contributed by atoms with Gasteiger partial charge in [-0.1, -0.05) is 0 Å². The van der Waals surface area contributed by atoms with Crippen molar-refractivity contribution in [3.05, 3.63) is 28.5 Å². The molecule has 1 aliphatic rings. The molecule has 88 valence electrons. The van der Waals surface area contributed by atoms with E-state index >= 15 is 0 Å². The van der Waals surface area contributed by atoms with Crippen molar-refractivity contribution in [1.82, 2.24) is 9.88 Å². The van der Waals surface area contributed by atoms with Crippen molar-refractivity contribution < 1.29 is 4.74 Å². The Hall–Kier alpha value is -0.450. The van der Waals surface area contributed by atoms with E-state index in [1.807, 2.05) is 12.4 Å². The van der Waals surface area contributed by atoms with Gasteiger partial charge in [0.15, 0.2) is 0 Å². The maximum absolute atomic E-state index is 5.37. The normalized spacial score (nSPS) is 17.9. The molecule has 0 amide bonds. The number of rotatable bonds is 3.